The molecular formula is C19H32N3O5S+. The third kappa shape index (κ3) is 5.36. The summed E-state index contributed by atoms with van der Waals surface area (Å²) in [5, 5.41) is 3.00. The molecule has 0 bridgehead atoms. The number of methoxy groups -OCH3 is 2. The molecule has 28 heavy (non-hydrogen) atoms. The number of sulfonamides is 1. The summed E-state index contributed by atoms with van der Waals surface area (Å²) in [7, 11) is -0.769. The molecular weight excluding hydrogens is 382 g/mol. The second kappa shape index (κ2) is 9.58. The Morgan fingerprint density at radius 1 is 1.18 bits per heavy atom. The molecule has 8 nitrogen and oxygen atoms in total. The summed E-state index contributed by atoms with van der Waals surface area (Å²) in [4.78, 5) is 13.4. The van der Waals surface area contributed by atoms with Crippen LogP contribution in [0.25, 0.3) is 0 Å². The first-order valence-electron chi connectivity index (χ1n) is 9.54. The number of nitrogens with one attached hydrogen (secondary N) is 2. The third-order valence-electron chi connectivity index (χ3n) is 5.22. The number of ether oxygens (including phenoxy) is 2. The summed E-state index contributed by atoms with van der Waals surface area (Å²) in [6.07, 6.45) is 0. The van der Waals surface area contributed by atoms with Gasteiger partial charge in [0.2, 0.25) is 10.0 Å². The number of hydrogen-bond donors (Lipinski definition) is 2. The number of amides is 1. The minimum absolute atomic E-state index is 0.00183. The molecule has 0 spiro atoms. The highest BCUT2D eigenvalue weighted by Gasteiger charge is 2.33. The van der Waals surface area contributed by atoms with Crippen LogP contribution in [-0.4, -0.2) is 71.6 Å². The van der Waals surface area contributed by atoms with Crippen molar-refractivity contribution in [1.82, 2.24) is 9.62 Å². The van der Waals surface area contributed by atoms with Crippen molar-refractivity contribution in [2.24, 2.45) is 5.92 Å². The quantitative estimate of drug-likeness (QED) is 0.613. The molecule has 9 heteroatoms. The number of piperazine rings is 1. The van der Waals surface area contributed by atoms with Gasteiger partial charge in [-0.05, 0) is 25.0 Å². The summed E-state index contributed by atoms with van der Waals surface area (Å²) in [5.74, 6) is 1.12. The molecule has 1 saturated heterocycles. The molecule has 2 N–H and O–H groups in total. The monoisotopic (exact) mass is 414 g/mol. The average molecular weight is 415 g/mol. The maximum Gasteiger partial charge on any atom is 0.275 e. The molecule has 0 aromatic heterocycles. The van der Waals surface area contributed by atoms with E-state index < -0.39 is 10.0 Å². The maximum atomic E-state index is 13.1. The van der Waals surface area contributed by atoms with Gasteiger partial charge in [-0.2, -0.15) is 4.31 Å². The number of nitrogens with zero attached hydrogens (tertiary/aromatic N) is 1. The van der Waals surface area contributed by atoms with Crippen LogP contribution in [0.3, 0.4) is 0 Å². The van der Waals surface area contributed by atoms with Crippen molar-refractivity contribution in [1.29, 1.82) is 0 Å². The fourth-order valence-electron chi connectivity index (χ4n) is 3.04. The fourth-order valence-corrected chi connectivity index (χ4v) is 4.66. The van der Waals surface area contributed by atoms with Gasteiger partial charge in [-0.1, -0.05) is 13.8 Å². The van der Waals surface area contributed by atoms with E-state index in [0.717, 1.165) is 4.90 Å². The molecule has 0 unspecified atom stereocenters. The van der Waals surface area contributed by atoms with Crippen LogP contribution < -0.4 is 19.7 Å². The Kier molecular flexibility index (Phi) is 7.68. The number of quaternary nitrogens is 1. The van der Waals surface area contributed by atoms with Crippen LogP contribution in [0.5, 0.6) is 11.5 Å². The number of rotatable bonds is 8. The lowest BCUT2D eigenvalue weighted by atomic mass is 10.1. The molecule has 1 aliphatic heterocycles. The van der Waals surface area contributed by atoms with Crippen molar-refractivity contribution in [2.45, 2.75) is 31.7 Å². The van der Waals surface area contributed by atoms with Crippen LogP contribution in [-0.2, 0) is 14.8 Å². The Labute approximate surface area is 167 Å². The van der Waals surface area contributed by atoms with Gasteiger partial charge >= 0.3 is 0 Å². The minimum Gasteiger partial charge on any atom is -0.497 e. The van der Waals surface area contributed by atoms with E-state index in [2.05, 4.69) is 19.2 Å². The van der Waals surface area contributed by atoms with E-state index >= 15 is 0 Å². The first kappa shape index (κ1) is 22.4. The van der Waals surface area contributed by atoms with Crippen LogP contribution in [0, 0.1) is 5.92 Å². The van der Waals surface area contributed by atoms with E-state index in [4.69, 9.17) is 9.47 Å². The topological polar surface area (TPSA) is 89.4 Å². The SMILES string of the molecule is COc1ccc(OC)c(S(=O)(=O)N2CC[NH+](CC(=O)N[C@@H](C)C(C)C)CC2)c1. The van der Waals surface area contributed by atoms with Gasteiger partial charge in [-0.25, -0.2) is 8.42 Å². The van der Waals surface area contributed by atoms with Gasteiger partial charge in [-0.15, -0.1) is 0 Å². The lowest BCUT2D eigenvalue weighted by Gasteiger charge is -2.31. The molecule has 1 amide bonds. The largest absolute Gasteiger partial charge is 0.497 e. The number of carbonyl (C=O) groups excluding carboxylic acids is 1. The predicted octanol–water partition coefficient (Wildman–Crippen LogP) is -0.246. The Hall–Kier alpha value is -1.84. The lowest BCUT2D eigenvalue weighted by Crippen LogP contribution is -3.15. The van der Waals surface area contributed by atoms with E-state index in [0.29, 0.717) is 44.4 Å². The molecule has 1 atom stereocenters. The van der Waals surface area contributed by atoms with Crippen LogP contribution in [0.15, 0.2) is 23.1 Å². The first-order valence-corrected chi connectivity index (χ1v) is 11.0. The van der Waals surface area contributed by atoms with Crippen LogP contribution in [0.1, 0.15) is 20.8 Å². The van der Waals surface area contributed by atoms with Crippen LogP contribution in [0.2, 0.25) is 0 Å². The second-order valence-electron chi connectivity index (χ2n) is 7.45. The van der Waals surface area contributed by atoms with E-state index in [-0.39, 0.29) is 22.6 Å². The van der Waals surface area contributed by atoms with Gasteiger partial charge in [-0.3, -0.25) is 4.79 Å². The van der Waals surface area contributed by atoms with Gasteiger partial charge in [0, 0.05) is 12.1 Å². The standard InChI is InChI=1S/C19H31N3O5S/c1-14(2)15(3)20-19(23)13-21-8-10-22(11-9-21)28(24,25)18-12-16(26-4)6-7-17(18)27-5/h6-7,12,14-15H,8-11,13H2,1-5H3,(H,20,23)/p+1/t15-/m0/s1. The Bertz CT molecular complexity index is 774. The van der Waals surface area contributed by atoms with Gasteiger partial charge in [0.25, 0.3) is 5.91 Å². The van der Waals surface area contributed by atoms with Gasteiger partial charge in [0.1, 0.15) is 16.4 Å². The van der Waals surface area contributed by atoms with Gasteiger partial charge < -0.3 is 19.7 Å². The molecule has 2 rings (SSSR count). The van der Waals surface area contributed by atoms with E-state index in [1.54, 1.807) is 12.1 Å². The maximum absolute atomic E-state index is 13.1. The number of hydrogen-bond acceptors (Lipinski definition) is 5. The normalized spacial score (nSPS) is 17.4. The summed E-state index contributed by atoms with van der Waals surface area (Å²) >= 11 is 0. The molecule has 0 saturated carbocycles. The Balaban J connectivity index is 2.01. The van der Waals surface area contributed by atoms with Crippen molar-refractivity contribution in [3.8, 4) is 11.5 Å². The van der Waals surface area contributed by atoms with Crippen molar-refractivity contribution in [2.75, 3.05) is 46.9 Å². The van der Waals surface area contributed by atoms with Gasteiger partial charge in [0.15, 0.2) is 6.54 Å². The third-order valence-corrected chi connectivity index (χ3v) is 7.14. The molecule has 1 aromatic carbocycles. The van der Waals surface area contributed by atoms with Crippen LogP contribution in [0.4, 0.5) is 0 Å². The number of carbonyl (C=O) groups is 1. The Morgan fingerprint density at radius 2 is 1.82 bits per heavy atom. The zero-order valence-corrected chi connectivity index (χ0v) is 18.1. The molecule has 0 radical (unpaired) electrons. The summed E-state index contributed by atoms with van der Waals surface area (Å²) in [6, 6.07) is 4.85. The molecule has 1 fully saturated rings. The van der Waals surface area contributed by atoms with E-state index in [1.165, 1.54) is 24.6 Å². The van der Waals surface area contributed by atoms with E-state index in [1.807, 2.05) is 6.92 Å². The molecule has 0 aliphatic carbocycles. The van der Waals surface area contributed by atoms with Crippen molar-refractivity contribution < 1.29 is 27.6 Å². The highest BCUT2D eigenvalue weighted by Crippen LogP contribution is 2.30. The molecule has 1 aromatic rings. The van der Waals surface area contributed by atoms with Crippen molar-refractivity contribution in [3.05, 3.63) is 18.2 Å². The van der Waals surface area contributed by atoms with Crippen molar-refractivity contribution in [3.63, 3.8) is 0 Å². The Morgan fingerprint density at radius 3 is 2.36 bits per heavy atom. The zero-order valence-electron chi connectivity index (χ0n) is 17.3. The highest BCUT2D eigenvalue weighted by molar-refractivity contribution is 7.89. The highest BCUT2D eigenvalue weighted by atomic mass is 32.2. The first-order chi connectivity index (χ1) is 13.2. The molecule has 1 heterocycles. The number of benzene rings is 1. The van der Waals surface area contributed by atoms with E-state index in [9.17, 15) is 13.2 Å². The lowest BCUT2D eigenvalue weighted by molar-refractivity contribution is -0.895. The summed E-state index contributed by atoms with van der Waals surface area (Å²) in [5.41, 5.74) is 0. The molecule has 158 valence electrons. The van der Waals surface area contributed by atoms with Crippen molar-refractivity contribution >= 4 is 15.9 Å². The fraction of sp³-hybridized carbons (Fsp3) is 0.632. The van der Waals surface area contributed by atoms with Crippen LogP contribution >= 0.6 is 0 Å². The smallest absolute Gasteiger partial charge is 0.275 e. The zero-order chi connectivity index (χ0) is 20.9. The molecule has 1 aliphatic rings. The average Bonchev–Trinajstić information content (AvgIpc) is 2.67. The summed E-state index contributed by atoms with van der Waals surface area (Å²) in [6.45, 7) is 8.33. The van der Waals surface area contributed by atoms with Gasteiger partial charge in [0.05, 0.1) is 40.4 Å². The minimum atomic E-state index is -3.71. The predicted molar refractivity (Wildman–Crippen MR) is 106 cm³/mol. The summed E-state index contributed by atoms with van der Waals surface area (Å²) < 4.78 is 38.0. The second-order valence-corrected chi connectivity index (χ2v) is 9.35.